The van der Waals surface area contributed by atoms with Crippen LogP contribution in [0.2, 0.25) is 13.6 Å². The molecule has 1 nitrogen and oxygen atoms in total. The van der Waals surface area contributed by atoms with E-state index in [-0.39, 0.29) is 0 Å². The summed E-state index contributed by atoms with van der Waals surface area (Å²) in [5, 5.41) is 0. The lowest BCUT2D eigenvalue weighted by Gasteiger charge is -2.04. The quantitative estimate of drug-likeness (QED) is 0.498. The smallest absolute Gasteiger partial charge is 0.172 e. The van der Waals surface area contributed by atoms with Crippen molar-refractivity contribution in [3.8, 4) is 0 Å². The number of anilines is 1. The maximum Gasteiger partial charge on any atom is 0.172 e. The van der Waals surface area contributed by atoms with Gasteiger partial charge < -0.3 is 5.73 Å². The van der Waals surface area contributed by atoms with E-state index < -0.39 is 0 Å². The van der Waals surface area contributed by atoms with Crippen molar-refractivity contribution in [2.75, 3.05) is 5.73 Å². The van der Waals surface area contributed by atoms with Crippen LogP contribution in [0.5, 0.6) is 0 Å². The molecule has 0 saturated carbocycles. The molecule has 0 fully saturated rings. The van der Waals surface area contributed by atoms with Crippen molar-refractivity contribution in [2.24, 2.45) is 0 Å². The van der Waals surface area contributed by atoms with Crippen molar-refractivity contribution in [3.05, 3.63) is 24.3 Å². The number of hydrogen-bond acceptors (Lipinski definition) is 1. The van der Waals surface area contributed by atoms with Crippen LogP contribution >= 0.6 is 0 Å². The van der Waals surface area contributed by atoms with Gasteiger partial charge in [-0.3, -0.25) is 0 Å². The number of nitrogen functional groups attached to an aromatic ring is 1. The van der Waals surface area contributed by atoms with Crippen LogP contribution in [-0.2, 0) is 0 Å². The molecule has 1 rings (SSSR count). The fraction of sp³-hybridized carbons (Fsp3) is 0.400. The van der Waals surface area contributed by atoms with Crippen LogP contribution in [0.4, 0.5) is 5.69 Å². The van der Waals surface area contributed by atoms with Crippen LogP contribution in [-0.4, -0.2) is 6.71 Å². The largest absolute Gasteiger partial charge is 0.399 e. The second-order valence-electron chi connectivity index (χ2n) is 2.78. The van der Waals surface area contributed by atoms with E-state index in [1.54, 1.807) is 0 Å². The third-order valence-corrected chi connectivity index (χ3v) is 1.62. The van der Waals surface area contributed by atoms with Gasteiger partial charge in [-0.05, 0) is 6.07 Å². The molecule has 0 amide bonds. The van der Waals surface area contributed by atoms with Crippen molar-refractivity contribution in [3.63, 3.8) is 0 Å². The molecule has 2 N–H and O–H groups in total. The zero-order valence-corrected chi connectivity index (χ0v) is 8.46. The SMILES string of the molecule is CB(C)c1ccccc1N.CC. The summed E-state index contributed by atoms with van der Waals surface area (Å²) in [6.45, 7) is 8.82. The molecule has 66 valence electrons. The predicted octanol–water partition coefficient (Wildman–Crippen LogP) is 2.26. The van der Waals surface area contributed by atoms with E-state index in [4.69, 9.17) is 5.73 Å². The Hall–Kier alpha value is -0.915. The summed E-state index contributed by atoms with van der Waals surface area (Å²) in [4.78, 5) is 0. The molecular weight excluding hydrogens is 145 g/mol. The van der Waals surface area contributed by atoms with Crippen molar-refractivity contribution >= 4 is 17.9 Å². The van der Waals surface area contributed by atoms with E-state index in [9.17, 15) is 0 Å². The number of benzene rings is 1. The first kappa shape index (κ1) is 11.1. The molecule has 0 aliphatic rings. The summed E-state index contributed by atoms with van der Waals surface area (Å²) in [5.74, 6) is 0. The molecule has 0 aliphatic heterocycles. The molecule has 12 heavy (non-hydrogen) atoms. The van der Waals surface area contributed by atoms with Gasteiger partial charge in [0.15, 0.2) is 6.71 Å². The minimum Gasteiger partial charge on any atom is -0.399 e. The Bertz CT molecular complexity index is 221. The molecule has 1 aromatic rings. The Kier molecular flexibility index (Phi) is 5.26. The number of nitrogens with two attached hydrogens (primary N) is 1. The van der Waals surface area contributed by atoms with Crippen molar-refractivity contribution < 1.29 is 0 Å². The van der Waals surface area contributed by atoms with Crippen LogP contribution in [0.3, 0.4) is 0 Å². The van der Waals surface area contributed by atoms with Crippen LogP contribution in [0.25, 0.3) is 0 Å². The van der Waals surface area contributed by atoms with E-state index in [0.717, 1.165) is 5.69 Å². The summed E-state index contributed by atoms with van der Waals surface area (Å²) >= 11 is 0. The molecule has 0 saturated heterocycles. The Labute approximate surface area is 76.1 Å². The standard InChI is InChI=1S/C8H12BN.C2H6/c1-9(2)7-5-3-4-6-8(7)10;1-2/h3-6H,10H2,1-2H3;1-2H3. The second-order valence-corrected chi connectivity index (χ2v) is 2.78. The highest BCUT2D eigenvalue weighted by atomic mass is 14.5. The molecule has 2 heteroatoms. The number of rotatable bonds is 1. The molecule has 0 bridgehead atoms. The maximum atomic E-state index is 5.72. The average molecular weight is 163 g/mol. The Balaban J connectivity index is 0.000000561. The first-order valence-electron chi connectivity index (χ1n) is 4.56. The summed E-state index contributed by atoms with van der Waals surface area (Å²) < 4.78 is 0. The first-order chi connectivity index (χ1) is 5.72. The maximum absolute atomic E-state index is 5.72. The van der Waals surface area contributed by atoms with Gasteiger partial charge >= 0.3 is 0 Å². The van der Waals surface area contributed by atoms with Crippen molar-refractivity contribution in [2.45, 2.75) is 27.5 Å². The fourth-order valence-corrected chi connectivity index (χ4v) is 1.04. The van der Waals surface area contributed by atoms with E-state index in [0.29, 0.717) is 6.71 Å². The van der Waals surface area contributed by atoms with E-state index in [1.807, 2.05) is 32.0 Å². The normalized spacial score (nSPS) is 8.33. The Morgan fingerprint density at radius 2 is 1.58 bits per heavy atom. The molecule has 1 aromatic carbocycles. The molecule has 0 unspecified atom stereocenters. The summed E-state index contributed by atoms with van der Waals surface area (Å²) in [6.07, 6.45) is 0. The van der Waals surface area contributed by atoms with Gasteiger partial charge in [-0.25, -0.2) is 0 Å². The topological polar surface area (TPSA) is 26.0 Å². The van der Waals surface area contributed by atoms with E-state index in [2.05, 4.69) is 19.7 Å². The highest BCUT2D eigenvalue weighted by Crippen LogP contribution is 1.98. The monoisotopic (exact) mass is 163 g/mol. The number of hydrogen-bond donors (Lipinski definition) is 1. The summed E-state index contributed by atoms with van der Waals surface area (Å²) in [7, 11) is 0. The Morgan fingerprint density at radius 1 is 1.08 bits per heavy atom. The van der Waals surface area contributed by atoms with Gasteiger partial charge in [0.2, 0.25) is 0 Å². The van der Waals surface area contributed by atoms with Crippen LogP contribution in [0.15, 0.2) is 24.3 Å². The van der Waals surface area contributed by atoms with Gasteiger partial charge in [0.1, 0.15) is 0 Å². The van der Waals surface area contributed by atoms with Gasteiger partial charge in [0, 0.05) is 5.69 Å². The lowest BCUT2D eigenvalue weighted by atomic mass is 9.49. The lowest BCUT2D eigenvalue weighted by molar-refractivity contribution is 1.50. The predicted molar refractivity (Wildman–Crippen MR) is 59.3 cm³/mol. The highest BCUT2D eigenvalue weighted by molar-refractivity contribution is 6.72. The minimum atomic E-state index is 0.529. The van der Waals surface area contributed by atoms with Gasteiger partial charge in [-0.1, -0.05) is 51.2 Å². The van der Waals surface area contributed by atoms with Gasteiger partial charge in [0.25, 0.3) is 0 Å². The summed E-state index contributed by atoms with van der Waals surface area (Å²) in [5.41, 5.74) is 7.86. The molecule has 0 aromatic heterocycles. The molecule has 0 aliphatic carbocycles. The van der Waals surface area contributed by atoms with E-state index in [1.165, 1.54) is 5.46 Å². The van der Waals surface area contributed by atoms with Gasteiger partial charge in [0.05, 0.1) is 0 Å². The highest BCUT2D eigenvalue weighted by Gasteiger charge is 2.04. The van der Waals surface area contributed by atoms with Crippen molar-refractivity contribution in [1.82, 2.24) is 0 Å². The van der Waals surface area contributed by atoms with Crippen LogP contribution < -0.4 is 11.2 Å². The third kappa shape index (κ3) is 2.99. The van der Waals surface area contributed by atoms with E-state index >= 15 is 0 Å². The second kappa shape index (κ2) is 5.70. The molecular formula is C10H18BN. The molecule has 0 spiro atoms. The fourth-order valence-electron chi connectivity index (χ4n) is 1.04. The average Bonchev–Trinajstić information content (AvgIpc) is 2.08. The molecule has 0 heterocycles. The third-order valence-electron chi connectivity index (χ3n) is 1.62. The van der Waals surface area contributed by atoms with Crippen LogP contribution in [0, 0.1) is 0 Å². The molecule has 0 atom stereocenters. The first-order valence-corrected chi connectivity index (χ1v) is 4.56. The summed E-state index contributed by atoms with van der Waals surface area (Å²) in [6, 6.07) is 7.99. The molecule has 0 radical (unpaired) electrons. The number of para-hydroxylation sites is 1. The minimum absolute atomic E-state index is 0.529. The zero-order valence-electron chi connectivity index (χ0n) is 8.46. The zero-order chi connectivity index (χ0) is 9.56. The van der Waals surface area contributed by atoms with Crippen molar-refractivity contribution in [1.29, 1.82) is 0 Å². The van der Waals surface area contributed by atoms with Crippen LogP contribution in [0.1, 0.15) is 13.8 Å². The van der Waals surface area contributed by atoms with Gasteiger partial charge in [-0.2, -0.15) is 0 Å². The van der Waals surface area contributed by atoms with Gasteiger partial charge in [-0.15, -0.1) is 0 Å². The Morgan fingerprint density at radius 3 is 1.92 bits per heavy atom. The lowest BCUT2D eigenvalue weighted by Crippen LogP contribution is -2.25.